The van der Waals surface area contributed by atoms with E-state index in [-0.39, 0.29) is 11.7 Å². The predicted octanol–water partition coefficient (Wildman–Crippen LogP) is 1.38. The average Bonchev–Trinajstić information content (AvgIpc) is 2.24. The lowest BCUT2D eigenvalue weighted by Crippen LogP contribution is -2.51. The van der Waals surface area contributed by atoms with Crippen molar-refractivity contribution in [1.29, 1.82) is 0 Å². The van der Waals surface area contributed by atoms with E-state index in [1.807, 2.05) is 6.92 Å². The van der Waals surface area contributed by atoms with Crippen LogP contribution in [0.15, 0.2) is 0 Å². The monoisotopic (exact) mass is 291 g/mol. The van der Waals surface area contributed by atoms with Crippen LogP contribution < -0.4 is 0 Å². The number of aliphatic carboxylic acids is 1. The summed E-state index contributed by atoms with van der Waals surface area (Å²) in [5.74, 6) is -0.753. The minimum Gasteiger partial charge on any atom is -0.480 e. The van der Waals surface area contributed by atoms with Crippen LogP contribution in [-0.4, -0.2) is 54.0 Å². The second-order valence-electron chi connectivity index (χ2n) is 6.37. The fourth-order valence-electron chi connectivity index (χ4n) is 2.47. The molecule has 1 aliphatic heterocycles. The number of hydrogen-bond acceptors (Lipinski definition) is 4. The van der Waals surface area contributed by atoms with Gasteiger partial charge in [-0.2, -0.15) is 0 Å². The lowest BCUT2D eigenvalue weighted by Gasteiger charge is -2.37. The zero-order chi connectivity index (χ0) is 14.8. The molecule has 0 aromatic rings. The Kier molecular flexibility index (Phi) is 5.01. The quantitative estimate of drug-likeness (QED) is 0.847. The third kappa shape index (κ3) is 3.92. The van der Waals surface area contributed by atoms with Crippen molar-refractivity contribution in [1.82, 2.24) is 4.90 Å². The standard InChI is InChI=1S/C13H25NO4S/c1-10-6-5-7-14(11(10)12(15)16)8-9-19(17,18)13(2,3)4/h10-11H,5-9H2,1-4H3,(H,15,16). The van der Waals surface area contributed by atoms with Crippen molar-refractivity contribution in [3.63, 3.8) is 0 Å². The number of rotatable bonds is 4. The van der Waals surface area contributed by atoms with E-state index in [0.717, 1.165) is 12.8 Å². The normalized spacial score (nSPS) is 26.3. The van der Waals surface area contributed by atoms with E-state index in [1.165, 1.54) is 0 Å². The van der Waals surface area contributed by atoms with Crippen molar-refractivity contribution in [3.8, 4) is 0 Å². The van der Waals surface area contributed by atoms with Gasteiger partial charge < -0.3 is 5.11 Å². The molecule has 19 heavy (non-hydrogen) atoms. The SMILES string of the molecule is CC1CCCN(CCS(=O)(=O)C(C)(C)C)C1C(=O)O. The molecule has 6 heteroatoms. The molecule has 1 aliphatic rings. The zero-order valence-electron chi connectivity index (χ0n) is 12.2. The minimum atomic E-state index is -3.20. The van der Waals surface area contributed by atoms with E-state index >= 15 is 0 Å². The number of hydrogen-bond donors (Lipinski definition) is 1. The Morgan fingerprint density at radius 1 is 1.37 bits per heavy atom. The molecule has 0 aromatic heterocycles. The van der Waals surface area contributed by atoms with Crippen LogP contribution in [0.25, 0.3) is 0 Å². The Labute approximate surface area is 115 Å². The van der Waals surface area contributed by atoms with Gasteiger partial charge >= 0.3 is 5.97 Å². The summed E-state index contributed by atoms with van der Waals surface area (Å²) in [5.41, 5.74) is 0. The summed E-state index contributed by atoms with van der Waals surface area (Å²) >= 11 is 0. The fourth-order valence-corrected chi connectivity index (χ4v) is 3.55. The highest BCUT2D eigenvalue weighted by atomic mass is 32.2. The molecule has 2 unspecified atom stereocenters. The first kappa shape index (κ1) is 16.4. The summed E-state index contributed by atoms with van der Waals surface area (Å²) in [6.07, 6.45) is 1.82. The van der Waals surface area contributed by atoms with Gasteiger partial charge in [0.25, 0.3) is 0 Å². The Morgan fingerprint density at radius 2 is 1.95 bits per heavy atom. The molecule has 0 spiro atoms. The highest BCUT2D eigenvalue weighted by molar-refractivity contribution is 7.92. The number of sulfone groups is 1. The van der Waals surface area contributed by atoms with Gasteiger partial charge in [0, 0.05) is 6.54 Å². The van der Waals surface area contributed by atoms with Crippen molar-refractivity contribution in [2.24, 2.45) is 5.92 Å². The van der Waals surface area contributed by atoms with Crippen LogP contribution in [0.4, 0.5) is 0 Å². The van der Waals surface area contributed by atoms with Crippen molar-refractivity contribution in [3.05, 3.63) is 0 Å². The van der Waals surface area contributed by atoms with Gasteiger partial charge in [0.05, 0.1) is 10.5 Å². The van der Waals surface area contributed by atoms with E-state index in [0.29, 0.717) is 13.1 Å². The molecule has 1 saturated heterocycles. The molecule has 2 atom stereocenters. The van der Waals surface area contributed by atoms with Gasteiger partial charge in [-0.1, -0.05) is 6.92 Å². The molecule has 1 rings (SSSR count). The zero-order valence-corrected chi connectivity index (χ0v) is 13.0. The molecule has 0 aliphatic carbocycles. The maximum atomic E-state index is 12.1. The second kappa shape index (κ2) is 5.79. The van der Waals surface area contributed by atoms with Crippen LogP contribution in [0.3, 0.4) is 0 Å². The topological polar surface area (TPSA) is 74.7 Å². The van der Waals surface area contributed by atoms with Gasteiger partial charge in [-0.3, -0.25) is 9.69 Å². The van der Waals surface area contributed by atoms with Gasteiger partial charge in [-0.15, -0.1) is 0 Å². The molecule has 0 amide bonds. The average molecular weight is 291 g/mol. The number of carbonyl (C=O) groups is 1. The maximum Gasteiger partial charge on any atom is 0.321 e. The van der Waals surface area contributed by atoms with Crippen molar-refractivity contribution in [2.75, 3.05) is 18.8 Å². The molecule has 0 aromatic carbocycles. The molecular weight excluding hydrogens is 266 g/mol. The Balaban J connectivity index is 2.73. The van der Waals surface area contributed by atoms with Crippen LogP contribution >= 0.6 is 0 Å². The summed E-state index contributed by atoms with van der Waals surface area (Å²) in [6.45, 7) is 7.92. The van der Waals surface area contributed by atoms with Gasteiger partial charge in [0.1, 0.15) is 6.04 Å². The van der Waals surface area contributed by atoms with E-state index < -0.39 is 26.6 Å². The summed E-state index contributed by atoms with van der Waals surface area (Å²) in [6, 6.07) is -0.552. The fraction of sp³-hybridized carbons (Fsp3) is 0.923. The predicted molar refractivity (Wildman–Crippen MR) is 74.9 cm³/mol. The molecule has 5 nitrogen and oxygen atoms in total. The van der Waals surface area contributed by atoms with E-state index in [2.05, 4.69) is 0 Å². The van der Waals surface area contributed by atoms with Gasteiger partial charge in [0.2, 0.25) is 0 Å². The van der Waals surface area contributed by atoms with Gasteiger partial charge in [-0.05, 0) is 46.1 Å². The molecule has 0 saturated carbocycles. The first-order valence-electron chi connectivity index (χ1n) is 6.75. The van der Waals surface area contributed by atoms with E-state index in [1.54, 1.807) is 25.7 Å². The molecule has 0 radical (unpaired) electrons. The Morgan fingerprint density at radius 3 is 2.42 bits per heavy atom. The lowest BCUT2D eigenvalue weighted by molar-refractivity contribution is -0.146. The van der Waals surface area contributed by atoms with E-state index in [4.69, 9.17) is 0 Å². The number of carboxylic acid groups (broad SMARTS) is 1. The molecule has 1 heterocycles. The first-order valence-corrected chi connectivity index (χ1v) is 8.40. The van der Waals surface area contributed by atoms with Crippen LogP contribution in [0.5, 0.6) is 0 Å². The number of piperidine rings is 1. The van der Waals surface area contributed by atoms with Crippen LogP contribution in [0.2, 0.25) is 0 Å². The van der Waals surface area contributed by atoms with Crippen molar-refractivity contribution >= 4 is 15.8 Å². The highest BCUT2D eigenvalue weighted by Gasteiger charge is 2.36. The summed E-state index contributed by atoms with van der Waals surface area (Å²) in [7, 11) is -3.20. The molecule has 1 fully saturated rings. The third-order valence-corrected chi connectivity index (χ3v) is 6.46. The largest absolute Gasteiger partial charge is 0.480 e. The van der Waals surface area contributed by atoms with Gasteiger partial charge in [-0.25, -0.2) is 8.42 Å². The summed E-state index contributed by atoms with van der Waals surface area (Å²) in [4.78, 5) is 13.1. The number of likely N-dealkylation sites (tertiary alicyclic amines) is 1. The lowest BCUT2D eigenvalue weighted by atomic mass is 9.91. The first-order chi connectivity index (χ1) is 8.56. The highest BCUT2D eigenvalue weighted by Crippen LogP contribution is 2.24. The molecule has 1 N–H and O–H groups in total. The number of carboxylic acids is 1. The van der Waals surface area contributed by atoms with Crippen molar-refractivity contribution in [2.45, 2.75) is 51.3 Å². The third-order valence-electron chi connectivity index (χ3n) is 3.87. The smallest absolute Gasteiger partial charge is 0.321 e. The van der Waals surface area contributed by atoms with Crippen LogP contribution in [0.1, 0.15) is 40.5 Å². The maximum absolute atomic E-state index is 12.1. The minimum absolute atomic E-state index is 0.0208. The Bertz CT molecular complexity index is 424. The van der Waals surface area contributed by atoms with Crippen LogP contribution in [-0.2, 0) is 14.6 Å². The summed E-state index contributed by atoms with van der Waals surface area (Å²) in [5, 5.41) is 9.28. The molecule has 0 bridgehead atoms. The number of nitrogens with zero attached hydrogens (tertiary/aromatic N) is 1. The summed E-state index contributed by atoms with van der Waals surface area (Å²) < 4.78 is 23.4. The van der Waals surface area contributed by atoms with E-state index in [9.17, 15) is 18.3 Å². The second-order valence-corrected chi connectivity index (χ2v) is 9.23. The molecular formula is C13H25NO4S. The van der Waals surface area contributed by atoms with Crippen molar-refractivity contribution < 1.29 is 18.3 Å². The van der Waals surface area contributed by atoms with Gasteiger partial charge in [0.15, 0.2) is 9.84 Å². The van der Waals surface area contributed by atoms with Crippen LogP contribution in [0, 0.1) is 5.92 Å². The molecule has 112 valence electrons. The Hall–Kier alpha value is -0.620.